The van der Waals surface area contributed by atoms with E-state index in [1.54, 1.807) is 12.1 Å². The van der Waals surface area contributed by atoms with Crippen LogP contribution in [0.25, 0.3) is 27.9 Å². The van der Waals surface area contributed by atoms with Crippen LogP contribution < -0.4 is 5.32 Å². The van der Waals surface area contributed by atoms with Crippen LogP contribution in [0.5, 0.6) is 0 Å². The van der Waals surface area contributed by atoms with Gasteiger partial charge in [0.1, 0.15) is 5.82 Å². The Morgan fingerprint density at radius 3 is 2.53 bits per heavy atom. The molecule has 0 amide bonds. The molecule has 1 N–H and O–H groups in total. The second kappa shape index (κ2) is 8.37. The predicted octanol–water partition coefficient (Wildman–Crippen LogP) is 6.28. The number of halogens is 1. The quantitative estimate of drug-likeness (QED) is 0.296. The first-order chi connectivity index (χ1) is 16.7. The summed E-state index contributed by atoms with van der Waals surface area (Å²) < 4.78 is 15.4. The Labute approximate surface area is 196 Å². The first-order valence-corrected chi connectivity index (χ1v) is 11.5. The molecule has 6 rings (SSSR count). The van der Waals surface area contributed by atoms with Crippen LogP contribution in [-0.2, 0) is 6.54 Å². The van der Waals surface area contributed by atoms with Crippen molar-refractivity contribution in [2.75, 3.05) is 5.32 Å². The molecule has 0 bridgehead atoms. The molecule has 5 nitrogen and oxygen atoms in total. The van der Waals surface area contributed by atoms with Crippen LogP contribution in [0.1, 0.15) is 35.2 Å². The third-order valence-electron chi connectivity index (χ3n) is 6.38. The summed E-state index contributed by atoms with van der Waals surface area (Å²) >= 11 is 0. The van der Waals surface area contributed by atoms with Crippen LogP contribution in [-0.4, -0.2) is 20.2 Å². The highest BCUT2D eigenvalue weighted by Crippen LogP contribution is 2.34. The van der Waals surface area contributed by atoms with E-state index in [9.17, 15) is 9.18 Å². The Balaban J connectivity index is 1.38. The lowest BCUT2D eigenvalue weighted by molar-refractivity contribution is 0.0976. The summed E-state index contributed by atoms with van der Waals surface area (Å²) in [4.78, 5) is 22.0. The molecule has 1 saturated carbocycles. The molecule has 0 unspecified atom stereocenters. The van der Waals surface area contributed by atoms with Crippen molar-refractivity contribution >= 4 is 28.3 Å². The highest BCUT2D eigenvalue weighted by molar-refractivity contribution is 5.97. The summed E-state index contributed by atoms with van der Waals surface area (Å²) in [5.41, 5.74) is 6.13. The topological polar surface area (TPSA) is 59.3 Å². The molecule has 1 aliphatic carbocycles. The van der Waals surface area contributed by atoms with E-state index in [4.69, 9.17) is 4.98 Å². The second-order valence-electron chi connectivity index (χ2n) is 8.88. The molecule has 2 aromatic heterocycles. The Hall–Kier alpha value is -4.06. The van der Waals surface area contributed by atoms with Gasteiger partial charge in [0, 0.05) is 24.1 Å². The van der Waals surface area contributed by atoms with Gasteiger partial charge in [0.25, 0.3) is 0 Å². The number of hydrogen-bond acceptors (Lipinski definition) is 4. The Kier molecular flexibility index (Phi) is 5.06. The predicted molar refractivity (Wildman–Crippen MR) is 131 cm³/mol. The third kappa shape index (κ3) is 3.92. The maximum atomic E-state index is 13.3. The second-order valence-corrected chi connectivity index (χ2v) is 8.88. The standard InChI is InChI=1S/C28H23FN4O/c29-22-13-7-19(8-14-22)16-30-27-28-31-17-25(33(28)24-4-2-1-3-23(24)32-27)20-9-11-21(12-10-20)26(34)15-18-5-6-18/h1-4,7-14,17-18H,5-6,15-16H2,(H,30,32). The van der Waals surface area contributed by atoms with Crippen LogP contribution in [0, 0.1) is 11.7 Å². The van der Waals surface area contributed by atoms with E-state index < -0.39 is 0 Å². The van der Waals surface area contributed by atoms with Gasteiger partial charge in [-0.1, -0.05) is 48.5 Å². The highest BCUT2D eigenvalue weighted by atomic mass is 19.1. The number of fused-ring (bicyclic) bond motifs is 3. The number of Topliss-reactive ketones (excluding diaryl/α,β-unsaturated/α-hetero) is 1. The number of nitrogens with zero attached hydrogens (tertiary/aromatic N) is 3. The number of carbonyl (C=O) groups excluding carboxylic acids is 1. The van der Waals surface area contributed by atoms with Crippen LogP contribution in [0.4, 0.5) is 10.2 Å². The fourth-order valence-electron chi connectivity index (χ4n) is 4.32. The molecule has 0 aliphatic heterocycles. The van der Waals surface area contributed by atoms with Gasteiger partial charge >= 0.3 is 0 Å². The number of benzene rings is 3. The molecule has 6 heteroatoms. The van der Waals surface area contributed by atoms with Gasteiger partial charge in [0.2, 0.25) is 0 Å². The maximum absolute atomic E-state index is 13.3. The average Bonchev–Trinajstić information content (AvgIpc) is 3.57. The summed E-state index contributed by atoms with van der Waals surface area (Å²) in [5.74, 6) is 1.19. The number of anilines is 1. The van der Waals surface area contributed by atoms with E-state index in [0.717, 1.165) is 33.4 Å². The van der Waals surface area contributed by atoms with Gasteiger partial charge in [-0.15, -0.1) is 0 Å². The monoisotopic (exact) mass is 450 g/mol. The number of ketones is 1. The number of carbonyl (C=O) groups is 1. The number of aromatic nitrogens is 3. The van der Waals surface area contributed by atoms with Crippen molar-refractivity contribution in [2.45, 2.75) is 25.8 Å². The normalized spacial score (nSPS) is 13.4. The van der Waals surface area contributed by atoms with Gasteiger partial charge in [-0.3, -0.25) is 9.20 Å². The summed E-state index contributed by atoms with van der Waals surface area (Å²) in [7, 11) is 0. The van der Waals surface area contributed by atoms with Crippen molar-refractivity contribution < 1.29 is 9.18 Å². The van der Waals surface area contributed by atoms with Gasteiger partial charge in [-0.05, 0) is 48.6 Å². The molecule has 168 valence electrons. The molecule has 2 heterocycles. The molecular weight excluding hydrogens is 427 g/mol. The molecule has 34 heavy (non-hydrogen) atoms. The lowest BCUT2D eigenvalue weighted by Crippen LogP contribution is -2.05. The molecule has 3 aromatic carbocycles. The Morgan fingerprint density at radius 2 is 1.76 bits per heavy atom. The SMILES string of the molecule is O=C(CC1CC1)c1ccc(-c2cnc3c(NCc4ccc(F)cc4)nc4ccccc4n23)cc1. The fraction of sp³-hybridized carbons (Fsp3) is 0.179. The number of hydrogen-bond donors (Lipinski definition) is 1. The molecule has 0 spiro atoms. The van der Waals surface area contributed by atoms with E-state index in [2.05, 4.69) is 14.7 Å². The van der Waals surface area contributed by atoms with Crippen molar-refractivity contribution in [3.63, 3.8) is 0 Å². The first kappa shape index (κ1) is 20.5. The Bertz CT molecular complexity index is 1500. The smallest absolute Gasteiger partial charge is 0.181 e. The third-order valence-corrected chi connectivity index (χ3v) is 6.38. The van der Waals surface area contributed by atoms with E-state index >= 15 is 0 Å². The minimum atomic E-state index is -0.256. The zero-order valence-corrected chi connectivity index (χ0v) is 18.5. The van der Waals surface area contributed by atoms with Crippen molar-refractivity contribution in [3.05, 3.63) is 95.9 Å². The van der Waals surface area contributed by atoms with Crippen molar-refractivity contribution in [2.24, 2.45) is 5.92 Å². The van der Waals surface area contributed by atoms with Crippen molar-refractivity contribution in [1.29, 1.82) is 0 Å². The zero-order chi connectivity index (χ0) is 23.1. The molecule has 0 radical (unpaired) electrons. The summed E-state index contributed by atoms with van der Waals surface area (Å²) in [5, 5.41) is 3.37. The van der Waals surface area contributed by atoms with Gasteiger partial charge < -0.3 is 5.32 Å². The largest absolute Gasteiger partial charge is 0.363 e. The van der Waals surface area contributed by atoms with Crippen LogP contribution in [0.2, 0.25) is 0 Å². The molecule has 5 aromatic rings. The van der Waals surface area contributed by atoms with E-state index in [1.165, 1.54) is 25.0 Å². The lowest BCUT2D eigenvalue weighted by Gasteiger charge is -2.12. The zero-order valence-electron chi connectivity index (χ0n) is 18.5. The van der Waals surface area contributed by atoms with E-state index in [0.29, 0.717) is 30.3 Å². The first-order valence-electron chi connectivity index (χ1n) is 11.5. The minimum Gasteiger partial charge on any atom is -0.363 e. The van der Waals surface area contributed by atoms with Gasteiger partial charge in [-0.2, -0.15) is 0 Å². The number of para-hydroxylation sites is 2. The van der Waals surface area contributed by atoms with Crippen LogP contribution >= 0.6 is 0 Å². The average molecular weight is 451 g/mol. The van der Waals surface area contributed by atoms with Crippen LogP contribution in [0.3, 0.4) is 0 Å². The molecular formula is C28H23FN4O. The van der Waals surface area contributed by atoms with Crippen LogP contribution in [0.15, 0.2) is 79.0 Å². The summed E-state index contributed by atoms with van der Waals surface area (Å²) in [6, 6.07) is 22.2. The molecule has 0 saturated heterocycles. The number of imidazole rings is 1. The molecule has 0 atom stereocenters. The van der Waals surface area contributed by atoms with E-state index in [-0.39, 0.29) is 11.6 Å². The Morgan fingerprint density at radius 1 is 1.00 bits per heavy atom. The van der Waals surface area contributed by atoms with Gasteiger partial charge in [-0.25, -0.2) is 14.4 Å². The fourth-order valence-corrected chi connectivity index (χ4v) is 4.32. The lowest BCUT2D eigenvalue weighted by atomic mass is 10.0. The number of nitrogens with one attached hydrogen (secondary N) is 1. The molecule has 1 fully saturated rings. The highest BCUT2D eigenvalue weighted by Gasteiger charge is 2.25. The summed E-state index contributed by atoms with van der Waals surface area (Å²) in [6.45, 7) is 0.501. The summed E-state index contributed by atoms with van der Waals surface area (Å²) in [6.07, 6.45) is 4.83. The van der Waals surface area contributed by atoms with Crippen molar-refractivity contribution in [1.82, 2.24) is 14.4 Å². The molecule has 1 aliphatic rings. The van der Waals surface area contributed by atoms with Gasteiger partial charge in [0.05, 0.1) is 22.9 Å². The maximum Gasteiger partial charge on any atom is 0.181 e. The number of rotatable bonds is 7. The minimum absolute atomic E-state index is 0.217. The van der Waals surface area contributed by atoms with Gasteiger partial charge in [0.15, 0.2) is 17.2 Å². The van der Waals surface area contributed by atoms with Crippen molar-refractivity contribution in [3.8, 4) is 11.3 Å². The van der Waals surface area contributed by atoms with E-state index in [1.807, 2.05) is 54.7 Å².